The van der Waals surface area contributed by atoms with Crippen LogP contribution in [0.25, 0.3) is 0 Å². The fraction of sp³-hybridized carbons (Fsp3) is 0.833. The molecule has 104 valence electrons. The van der Waals surface area contributed by atoms with Crippen LogP contribution in [0.3, 0.4) is 0 Å². The van der Waals surface area contributed by atoms with Crippen molar-refractivity contribution in [1.82, 2.24) is 10.2 Å². The van der Waals surface area contributed by atoms with Gasteiger partial charge in [-0.2, -0.15) is 0 Å². The van der Waals surface area contributed by atoms with Gasteiger partial charge in [0.25, 0.3) is 0 Å². The van der Waals surface area contributed by atoms with Gasteiger partial charge in [0.15, 0.2) is 0 Å². The van der Waals surface area contributed by atoms with E-state index in [1.165, 1.54) is 7.11 Å². The van der Waals surface area contributed by atoms with Crippen molar-refractivity contribution in [3.63, 3.8) is 0 Å². The van der Waals surface area contributed by atoms with Crippen molar-refractivity contribution in [1.29, 1.82) is 0 Å². The predicted molar refractivity (Wildman–Crippen MR) is 66.2 cm³/mol. The smallest absolute Gasteiger partial charge is 0.328 e. The molecule has 2 atom stereocenters. The molecule has 0 aromatic rings. The van der Waals surface area contributed by atoms with Crippen LogP contribution in [0, 0.1) is 5.92 Å². The summed E-state index contributed by atoms with van der Waals surface area (Å²) >= 11 is 0. The van der Waals surface area contributed by atoms with E-state index in [-0.39, 0.29) is 11.9 Å². The van der Waals surface area contributed by atoms with Gasteiger partial charge in [-0.3, -0.25) is 0 Å². The zero-order valence-corrected chi connectivity index (χ0v) is 11.3. The van der Waals surface area contributed by atoms with Crippen molar-refractivity contribution in [2.45, 2.75) is 26.3 Å². The van der Waals surface area contributed by atoms with Gasteiger partial charge in [-0.1, -0.05) is 20.3 Å². The molecule has 18 heavy (non-hydrogen) atoms. The second-order valence-electron chi connectivity index (χ2n) is 4.44. The highest BCUT2D eigenvalue weighted by Crippen LogP contribution is 2.10. The second kappa shape index (κ2) is 7.20. The molecule has 6 heteroatoms. The summed E-state index contributed by atoms with van der Waals surface area (Å²) in [6.45, 7) is 6.09. The molecule has 1 rings (SSSR count). The van der Waals surface area contributed by atoms with Crippen LogP contribution < -0.4 is 5.32 Å². The third-order valence-electron chi connectivity index (χ3n) is 3.25. The summed E-state index contributed by atoms with van der Waals surface area (Å²) in [5.74, 6) is -0.353. The van der Waals surface area contributed by atoms with Crippen molar-refractivity contribution >= 4 is 12.0 Å². The van der Waals surface area contributed by atoms with Gasteiger partial charge in [0.05, 0.1) is 20.3 Å². The van der Waals surface area contributed by atoms with Crippen molar-refractivity contribution in [2.24, 2.45) is 5.92 Å². The highest BCUT2D eigenvalue weighted by Gasteiger charge is 2.28. The van der Waals surface area contributed by atoms with Crippen molar-refractivity contribution in [3.8, 4) is 0 Å². The lowest BCUT2D eigenvalue weighted by Crippen LogP contribution is -2.53. The summed E-state index contributed by atoms with van der Waals surface area (Å²) in [6, 6.07) is -0.815. The van der Waals surface area contributed by atoms with Crippen LogP contribution in [0.1, 0.15) is 20.3 Å². The monoisotopic (exact) mass is 258 g/mol. The van der Waals surface area contributed by atoms with Gasteiger partial charge in [-0.25, -0.2) is 9.59 Å². The molecule has 0 spiro atoms. The molecular formula is C12H22N2O4. The number of morpholine rings is 1. The molecule has 1 N–H and O–H groups in total. The van der Waals surface area contributed by atoms with Crippen LogP contribution in [0.5, 0.6) is 0 Å². The number of carbonyl (C=O) groups is 2. The maximum Gasteiger partial charge on any atom is 0.328 e. The molecule has 1 saturated heterocycles. The Kier molecular flexibility index (Phi) is 5.91. The Hall–Kier alpha value is -1.30. The minimum absolute atomic E-state index is 0.0439. The topological polar surface area (TPSA) is 67.9 Å². The number of amides is 2. The largest absolute Gasteiger partial charge is 0.467 e. The lowest BCUT2D eigenvalue weighted by atomic mass is 9.99. The Balaban J connectivity index is 2.58. The molecule has 0 aromatic carbocycles. The van der Waals surface area contributed by atoms with E-state index in [9.17, 15) is 9.59 Å². The van der Waals surface area contributed by atoms with Crippen LogP contribution in [-0.4, -0.2) is 56.4 Å². The average molecular weight is 258 g/mol. The lowest BCUT2D eigenvalue weighted by Gasteiger charge is -2.30. The van der Waals surface area contributed by atoms with Gasteiger partial charge < -0.3 is 19.7 Å². The molecule has 0 bridgehead atoms. The third kappa shape index (κ3) is 3.87. The number of nitrogens with zero attached hydrogens (tertiary/aromatic N) is 1. The molecule has 0 aromatic heterocycles. The molecule has 2 amide bonds. The fourth-order valence-corrected chi connectivity index (χ4v) is 1.79. The number of urea groups is 1. The number of esters is 1. The van der Waals surface area contributed by atoms with Crippen LogP contribution in [0.2, 0.25) is 0 Å². The molecule has 0 aliphatic carbocycles. The number of nitrogens with one attached hydrogen (secondary N) is 1. The SMILES string of the molecule is CC[C@H](C)[C@H](NC(=O)N1CCOCC1)C(=O)OC. The maximum absolute atomic E-state index is 12.0. The van der Waals surface area contributed by atoms with E-state index >= 15 is 0 Å². The van der Waals surface area contributed by atoms with Gasteiger partial charge in [-0.05, 0) is 5.92 Å². The first kappa shape index (κ1) is 14.8. The van der Waals surface area contributed by atoms with Crippen molar-refractivity contribution < 1.29 is 19.1 Å². The summed E-state index contributed by atoms with van der Waals surface area (Å²) in [5, 5.41) is 2.74. The van der Waals surface area contributed by atoms with E-state index in [1.807, 2.05) is 13.8 Å². The van der Waals surface area contributed by atoms with E-state index in [0.29, 0.717) is 26.3 Å². The highest BCUT2D eigenvalue weighted by atomic mass is 16.5. The standard InChI is InChI=1S/C12H22N2O4/c1-4-9(2)10(11(15)17-3)13-12(16)14-5-7-18-8-6-14/h9-10H,4-8H2,1-3H3,(H,13,16)/t9-,10-/m0/s1. The van der Waals surface area contributed by atoms with E-state index in [2.05, 4.69) is 5.32 Å². The Labute approximate surface area is 108 Å². The van der Waals surface area contributed by atoms with Gasteiger partial charge >= 0.3 is 12.0 Å². The first-order valence-electron chi connectivity index (χ1n) is 6.31. The molecule has 0 saturated carbocycles. The molecule has 0 radical (unpaired) electrons. The Morgan fingerprint density at radius 3 is 2.50 bits per heavy atom. The normalized spacial score (nSPS) is 18.9. The number of methoxy groups -OCH3 is 1. The zero-order chi connectivity index (χ0) is 13.5. The van der Waals surface area contributed by atoms with E-state index < -0.39 is 12.0 Å². The molecule has 0 unspecified atom stereocenters. The first-order chi connectivity index (χ1) is 8.60. The summed E-state index contributed by atoms with van der Waals surface area (Å²) in [7, 11) is 1.33. The fourth-order valence-electron chi connectivity index (χ4n) is 1.79. The van der Waals surface area contributed by atoms with Crippen molar-refractivity contribution in [2.75, 3.05) is 33.4 Å². The molecule has 1 fully saturated rings. The van der Waals surface area contributed by atoms with Gasteiger partial charge in [0.2, 0.25) is 0 Å². The summed E-state index contributed by atoms with van der Waals surface area (Å²) in [6.07, 6.45) is 0.795. The van der Waals surface area contributed by atoms with Gasteiger partial charge in [-0.15, -0.1) is 0 Å². The Bertz CT molecular complexity index is 290. The Morgan fingerprint density at radius 2 is 2.00 bits per heavy atom. The highest BCUT2D eigenvalue weighted by molar-refractivity contribution is 5.83. The van der Waals surface area contributed by atoms with E-state index in [1.54, 1.807) is 4.90 Å². The molecular weight excluding hydrogens is 236 g/mol. The summed E-state index contributed by atoms with van der Waals surface area (Å²) < 4.78 is 9.91. The number of rotatable bonds is 4. The predicted octanol–water partition coefficient (Wildman–Crippen LogP) is 0.616. The molecule has 1 aliphatic rings. The minimum Gasteiger partial charge on any atom is -0.467 e. The maximum atomic E-state index is 12.0. The lowest BCUT2D eigenvalue weighted by molar-refractivity contribution is -0.144. The third-order valence-corrected chi connectivity index (χ3v) is 3.25. The van der Waals surface area contributed by atoms with E-state index in [4.69, 9.17) is 9.47 Å². The van der Waals surface area contributed by atoms with Gasteiger partial charge in [0.1, 0.15) is 6.04 Å². The van der Waals surface area contributed by atoms with Crippen LogP contribution in [0.15, 0.2) is 0 Å². The van der Waals surface area contributed by atoms with Crippen molar-refractivity contribution in [3.05, 3.63) is 0 Å². The summed E-state index contributed by atoms with van der Waals surface area (Å²) in [4.78, 5) is 25.3. The number of hydrogen-bond acceptors (Lipinski definition) is 4. The number of ether oxygens (including phenoxy) is 2. The molecule has 1 heterocycles. The van der Waals surface area contributed by atoms with E-state index in [0.717, 1.165) is 6.42 Å². The first-order valence-corrected chi connectivity index (χ1v) is 6.31. The molecule has 1 aliphatic heterocycles. The number of hydrogen-bond donors (Lipinski definition) is 1. The molecule has 6 nitrogen and oxygen atoms in total. The van der Waals surface area contributed by atoms with Crippen LogP contribution in [0.4, 0.5) is 4.79 Å². The minimum atomic E-state index is -0.588. The summed E-state index contributed by atoms with van der Waals surface area (Å²) in [5.41, 5.74) is 0. The number of carbonyl (C=O) groups excluding carboxylic acids is 2. The van der Waals surface area contributed by atoms with Crippen LogP contribution >= 0.6 is 0 Å². The Morgan fingerprint density at radius 1 is 1.39 bits per heavy atom. The zero-order valence-electron chi connectivity index (χ0n) is 11.3. The van der Waals surface area contributed by atoms with Gasteiger partial charge in [0, 0.05) is 13.1 Å². The quantitative estimate of drug-likeness (QED) is 0.750. The second-order valence-corrected chi connectivity index (χ2v) is 4.44. The van der Waals surface area contributed by atoms with Crippen LogP contribution in [-0.2, 0) is 14.3 Å². The average Bonchev–Trinajstić information content (AvgIpc) is 2.43.